The van der Waals surface area contributed by atoms with Crippen molar-refractivity contribution in [3.8, 4) is 5.75 Å². The Hall–Kier alpha value is -2.50. The van der Waals surface area contributed by atoms with Crippen molar-refractivity contribution in [1.29, 1.82) is 0 Å². The van der Waals surface area contributed by atoms with Gasteiger partial charge in [-0.2, -0.15) is 0 Å². The van der Waals surface area contributed by atoms with Gasteiger partial charge in [0.1, 0.15) is 18.1 Å². The summed E-state index contributed by atoms with van der Waals surface area (Å²) in [5.74, 6) is 0.211. The maximum Gasteiger partial charge on any atom is 0.272 e. The minimum atomic E-state index is -0.305. The van der Waals surface area contributed by atoms with Crippen LogP contribution in [0.5, 0.6) is 5.75 Å². The molecule has 0 bridgehead atoms. The molecule has 24 heavy (non-hydrogen) atoms. The van der Waals surface area contributed by atoms with Crippen molar-refractivity contribution in [3.63, 3.8) is 0 Å². The summed E-state index contributed by atoms with van der Waals surface area (Å²) in [6.07, 6.45) is 3.24. The average molecular weight is 362 g/mol. The highest BCUT2D eigenvalue weighted by molar-refractivity contribution is 6.32. The number of benzene rings is 1. The number of halogens is 2. The quantitative estimate of drug-likeness (QED) is 0.700. The number of anilines is 1. The summed E-state index contributed by atoms with van der Waals surface area (Å²) in [7, 11) is 0. The number of hydrogen-bond donors (Lipinski definition) is 2. The van der Waals surface area contributed by atoms with Gasteiger partial charge in [-0.1, -0.05) is 29.3 Å². The number of ether oxygens (including phenoxy) is 1. The summed E-state index contributed by atoms with van der Waals surface area (Å²) in [6.45, 7) is 0.313. The molecule has 1 amide bonds. The summed E-state index contributed by atoms with van der Waals surface area (Å²) < 4.78 is 5.64. The third kappa shape index (κ3) is 4.07. The SMILES string of the molecule is O=C(Nc1ccc(OCc2ccccn2)c(Cl)c1)c1cc(Cl)c[nH]1. The molecule has 0 unspecified atom stereocenters. The highest BCUT2D eigenvalue weighted by Crippen LogP contribution is 2.28. The van der Waals surface area contributed by atoms with Crippen LogP contribution in [0.15, 0.2) is 54.9 Å². The number of pyridine rings is 1. The summed E-state index contributed by atoms with van der Waals surface area (Å²) in [5.41, 5.74) is 1.72. The number of aromatic nitrogens is 2. The minimum absolute atomic E-state index is 0.305. The molecule has 5 nitrogen and oxygen atoms in total. The Morgan fingerprint density at radius 1 is 1.21 bits per heavy atom. The summed E-state index contributed by atoms with van der Waals surface area (Å²) in [4.78, 5) is 19.0. The van der Waals surface area contributed by atoms with E-state index in [2.05, 4.69) is 15.3 Å². The van der Waals surface area contributed by atoms with Crippen molar-refractivity contribution in [2.75, 3.05) is 5.32 Å². The zero-order valence-corrected chi connectivity index (χ0v) is 13.9. The van der Waals surface area contributed by atoms with Crippen LogP contribution in [-0.2, 0) is 6.61 Å². The van der Waals surface area contributed by atoms with Gasteiger partial charge in [-0.25, -0.2) is 0 Å². The lowest BCUT2D eigenvalue weighted by Gasteiger charge is -2.10. The lowest BCUT2D eigenvalue weighted by atomic mass is 10.3. The van der Waals surface area contributed by atoms with Gasteiger partial charge in [0.25, 0.3) is 5.91 Å². The van der Waals surface area contributed by atoms with Crippen molar-refractivity contribution < 1.29 is 9.53 Å². The summed E-state index contributed by atoms with van der Waals surface area (Å²) >= 11 is 12.0. The molecule has 2 aromatic heterocycles. The third-order valence-electron chi connectivity index (χ3n) is 3.18. The van der Waals surface area contributed by atoms with Gasteiger partial charge in [0.2, 0.25) is 0 Å². The fraction of sp³-hybridized carbons (Fsp3) is 0.0588. The normalized spacial score (nSPS) is 10.4. The van der Waals surface area contributed by atoms with E-state index >= 15 is 0 Å². The summed E-state index contributed by atoms with van der Waals surface area (Å²) in [5, 5.41) is 3.60. The van der Waals surface area contributed by atoms with Crippen molar-refractivity contribution in [3.05, 3.63) is 76.3 Å². The molecule has 0 fully saturated rings. The molecule has 0 radical (unpaired) electrons. The Morgan fingerprint density at radius 3 is 2.75 bits per heavy atom. The number of aromatic amines is 1. The van der Waals surface area contributed by atoms with E-state index in [0.717, 1.165) is 5.69 Å². The van der Waals surface area contributed by atoms with E-state index < -0.39 is 0 Å². The van der Waals surface area contributed by atoms with Crippen molar-refractivity contribution in [1.82, 2.24) is 9.97 Å². The monoisotopic (exact) mass is 361 g/mol. The second-order valence-corrected chi connectivity index (χ2v) is 5.78. The molecule has 1 aromatic carbocycles. The molecule has 0 aliphatic rings. The summed E-state index contributed by atoms with van der Waals surface area (Å²) in [6, 6.07) is 12.2. The molecule has 3 rings (SSSR count). The fourth-order valence-corrected chi connectivity index (χ4v) is 2.43. The van der Waals surface area contributed by atoms with Gasteiger partial charge in [0.05, 0.1) is 15.7 Å². The van der Waals surface area contributed by atoms with Crippen LogP contribution in [0.3, 0.4) is 0 Å². The Balaban J connectivity index is 1.65. The Morgan fingerprint density at radius 2 is 2.08 bits per heavy atom. The van der Waals surface area contributed by atoms with E-state index in [1.54, 1.807) is 30.5 Å². The van der Waals surface area contributed by atoms with E-state index in [4.69, 9.17) is 27.9 Å². The van der Waals surface area contributed by atoms with Crippen LogP contribution in [0.4, 0.5) is 5.69 Å². The minimum Gasteiger partial charge on any atom is -0.486 e. The van der Waals surface area contributed by atoms with Crippen molar-refractivity contribution in [2.45, 2.75) is 6.61 Å². The van der Waals surface area contributed by atoms with Crippen LogP contribution in [0.2, 0.25) is 10.0 Å². The first-order chi connectivity index (χ1) is 11.6. The number of amides is 1. The number of rotatable bonds is 5. The van der Waals surface area contributed by atoms with Crippen LogP contribution in [0.25, 0.3) is 0 Å². The predicted octanol–water partition coefficient (Wildman–Crippen LogP) is 4.55. The van der Waals surface area contributed by atoms with Gasteiger partial charge in [0.15, 0.2) is 0 Å². The second kappa shape index (κ2) is 7.38. The first kappa shape index (κ1) is 16.4. The van der Waals surface area contributed by atoms with Gasteiger partial charge in [-0.05, 0) is 36.4 Å². The van der Waals surface area contributed by atoms with Crippen LogP contribution >= 0.6 is 23.2 Å². The highest BCUT2D eigenvalue weighted by Gasteiger charge is 2.10. The van der Waals surface area contributed by atoms with E-state index in [9.17, 15) is 4.79 Å². The molecular formula is C17H13Cl2N3O2. The van der Waals surface area contributed by atoms with Gasteiger partial charge in [-0.15, -0.1) is 0 Å². The Bertz CT molecular complexity index is 850. The molecule has 0 aliphatic carbocycles. The molecule has 0 saturated carbocycles. The number of nitrogens with zero attached hydrogens (tertiary/aromatic N) is 1. The van der Waals surface area contributed by atoms with E-state index in [-0.39, 0.29) is 5.91 Å². The lowest BCUT2D eigenvalue weighted by molar-refractivity contribution is 0.102. The molecule has 0 spiro atoms. The molecule has 0 saturated heterocycles. The Kier molecular flexibility index (Phi) is 5.03. The number of hydrogen-bond acceptors (Lipinski definition) is 3. The van der Waals surface area contributed by atoms with Crippen LogP contribution in [0.1, 0.15) is 16.2 Å². The van der Waals surface area contributed by atoms with Crippen LogP contribution in [0, 0.1) is 0 Å². The van der Waals surface area contributed by atoms with Crippen molar-refractivity contribution >= 4 is 34.8 Å². The topological polar surface area (TPSA) is 67.0 Å². The van der Waals surface area contributed by atoms with Gasteiger partial charge >= 0.3 is 0 Å². The van der Waals surface area contributed by atoms with Gasteiger partial charge in [0, 0.05) is 18.1 Å². The number of carbonyl (C=O) groups is 1. The highest BCUT2D eigenvalue weighted by atomic mass is 35.5. The predicted molar refractivity (Wildman–Crippen MR) is 93.8 cm³/mol. The smallest absolute Gasteiger partial charge is 0.272 e. The molecule has 2 N–H and O–H groups in total. The zero-order chi connectivity index (χ0) is 16.9. The zero-order valence-electron chi connectivity index (χ0n) is 12.4. The number of nitrogens with one attached hydrogen (secondary N) is 2. The van der Waals surface area contributed by atoms with Crippen molar-refractivity contribution in [2.24, 2.45) is 0 Å². The van der Waals surface area contributed by atoms with Gasteiger partial charge in [-0.3, -0.25) is 9.78 Å². The average Bonchev–Trinajstić information content (AvgIpc) is 3.02. The lowest BCUT2D eigenvalue weighted by Crippen LogP contribution is -2.12. The maximum absolute atomic E-state index is 12.1. The number of carbonyl (C=O) groups excluding carboxylic acids is 1. The molecule has 122 valence electrons. The van der Waals surface area contributed by atoms with Crippen LogP contribution < -0.4 is 10.1 Å². The van der Waals surface area contributed by atoms with E-state index in [0.29, 0.717) is 33.8 Å². The van der Waals surface area contributed by atoms with Gasteiger partial charge < -0.3 is 15.0 Å². The fourth-order valence-electron chi connectivity index (χ4n) is 2.03. The molecule has 2 heterocycles. The first-order valence-electron chi connectivity index (χ1n) is 7.09. The van der Waals surface area contributed by atoms with Crippen LogP contribution in [-0.4, -0.2) is 15.9 Å². The third-order valence-corrected chi connectivity index (χ3v) is 3.70. The van der Waals surface area contributed by atoms with E-state index in [1.807, 2.05) is 18.2 Å². The molecule has 3 aromatic rings. The molecular weight excluding hydrogens is 349 g/mol. The number of H-pyrrole nitrogens is 1. The van der Waals surface area contributed by atoms with E-state index in [1.165, 1.54) is 6.20 Å². The maximum atomic E-state index is 12.1. The molecule has 7 heteroatoms. The largest absolute Gasteiger partial charge is 0.486 e. The Labute approximate surface area is 148 Å². The standard InChI is InChI=1S/C17H13Cl2N3O2/c18-11-7-15(21-9-11)17(23)22-12-4-5-16(14(19)8-12)24-10-13-3-1-2-6-20-13/h1-9,21H,10H2,(H,22,23). The molecule has 0 atom stereocenters. The molecule has 0 aliphatic heterocycles. The second-order valence-electron chi connectivity index (χ2n) is 4.94. The first-order valence-corrected chi connectivity index (χ1v) is 7.85.